The molecule has 0 aromatic carbocycles. The van der Waals surface area contributed by atoms with Crippen LogP contribution < -0.4 is 5.32 Å². The maximum absolute atomic E-state index is 8.81. The van der Waals surface area contributed by atoms with Gasteiger partial charge in [-0.1, -0.05) is 13.3 Å². The molecule has 0 aliphatic carbocycles. The summed E-state index contributed by atoms with van der Waals surface area (Å²) in [6, 6.07) is 0.549. The minimum atomic E-state index is 0.307. The Hall–Kier alpha value is -0.120. The fourth-order valence-electron chi connectivity index (χ4n) is 1.66. The predicted molar refractivity (Wildman–Crippen MR) is 52.7 cm³/mol. The molecule has 1 fully saturated rings. The monoisotopic (exact) mass is 187 g/mol. The SMILES string of the molecule is CCC(CCO)CNC1CCOC1. The summed E-state index contributed by atoms with van der Waals surface area (Å²) in [5.41, 5.74) is 0. The van der Waals surface area contributed by atoms with E-state index >= 15 is 0 Å². The van der Waals surface area contributed by atoms with Crippen LogP contribution in [0.4, 0.5) is 0 Å². The third kappa shape index (κ3) is 4.07. The molecule has 3 nitrogen and oxygen atoms in total. The van der Waals surface area contributed by atoms with Gasteiger partial charge >= 0.3 is 0 Å². The van der Waals surface area contributed by atoms with Gasteiger partial charge in [-0.3, -0.25) is 0 Å². The number of hydrogen-bond donors (Lipinski definition) is 2. The van der Waals surface area contributed by atoms with Gasteiger partial charge in [-0.15, -0.1) is 0 Å². The number of aliphatic hydroxyl groups excluding tert-OH is 1. The van der Waals surface area contributed by atoms with E-state index < -0.39 is 0 Å². The van der Waals surface area contributed by atoms with Gasteiger partial charge in [0.05, 0.1) is 6.61 Å². The molecular formula is C10H21NO2. The van der Waals surface area contributed by atoms with Crippen LogP contribution in [0.25, 0.3) is 0 Å². The molecule has 0 saturated carbocycles. The van der Waals surface area contributed by atoms with Crippen LogP contribution in [0, 0.1) is 5.92 Å². The smallest absolute Gasteiger partial charge is 0.0620 e. The molecule has 2 N–H and O–H groups in total. The van der Waals surface area contributed by atoms with Crippen LogP contribution in [-0.2, 0) is 4.74 Å². The fraction of sp³-hybridized carbons (Fsp3) is 1.00. The molecule has 1 saturated heterocycles. The molecule has 2 unspecified atom stereocenters. The Morgan fingerprint density at radius 2 is 2.46 bits per heavy atom. The zero-order valence-electron chi connectivity index (χ0n) is 8.46. The first-order valence-electron chi connectivity index (χ1n) is 5.28. The molecule has 0 radical (unpaired) electrons. The summed E-state index contributed by atoms with van der Waals surface area (Å²) in [7, 11) is 0. The van der Waals surface area contributed by atoms with Crippen molar-refractivity contribution in [3.8, 4) is 0 Å². The van der Waals surface area contributed by atoms with Crippen LogP contribution in [0.2, 0.25) is 0 Å². The minimum absolute atomic E-state index is 0.307. The Morgan fingerprint density at radius 1 is 1.62 bits per heavy atom. The Labute approximate surface area is 80.5 Å². The van der Waals surface area contributed by atoms with E-state index in [1.165, 1.54) is 0 Å². The van der Waals surface area contributed by atoms with Gasteiger partial charge in [0.2, 0.25) is 0 Å². The molecule has 3 heteroatoms. The maximum Gasteiger partial charge on any atom is 0.0620 e. The normalized spacial score (nSPS) is 24.9. The minimum Gasteiger partial charge on any atom is -0.396 e. The highest BCUT2D eigenvalue weighted by Crippen LogP contribution is 2.08. The Balaban J connectivity index is 2.07. The molecular weight excluding hydrogens is 166 g/mol. The zero-order valence-corrected chi connectivity index (χ0v) is 8.46. The van der Waals surface area contributed by atoms with E-state index in [1.54, 1.807) is 0 Å². The second kappa shape index (κ2) is 6.35. The van der Waals surface area contributed by atoms with E-state index in [0.29, 0.717) is 18.6 Å². The average molecular weight is 187 g/mol. The number of aliphatic hydroxyl groups is 1. The van der Waals surface area contributed by atoms with Crippen LogP contribution in [-0.4, -0.2) is 37.5 Å². The number of hydrogen-bond acceptors (Lipinski definition) is 3. The fourth-order valence-corrected chi connectivity index (χ4v) is 1.66. The van der Waals surface area contributed by atoms with Gasteiger partial charge in [-0.2, -0.15) is 0 Å². The Morgan fingerprint density at radius 3 is 3.00 bits per heavy atom. The third-order valence-electron chi connectivity index (χ3n) is 2.74. The summed E-state index contributed by atoms with van der Waals surface area (Å²) < 4.78 is 5.27. The maximum atomic E-state index is 8.81. The molecule has 0 amide bonds. The number of rotatable bonds is 6. The van der Waals surface area contributed by atoms with Crippen LogP contribution in [0.3, 0.4) is 0 Å². The molecule has 13 heavy (non-hydrogen) atoms. The second-order valence-electron chi connectivity index (χ2n) is 3.76. The van der Waals surface area contributed by atoms with Gasteiger partial charge < -0.3 is 15.2 Å². The van der Waals surface area contributed by atoms with Crippen molar-refractivity contribution in [2.45, 2.75) is 32.2 Å². The van der Waals surface area contributed by atoms with E-state index in [0.717, 1.165) is 39.0 Å². The topological polar surface area (TPSA) is 41.5 Å². The molecule has 1 heterocycles. The first-order chi connectivity index (χ1) is 6.36. The van der Waals surface area contributed by atoms with E-state index in [2.05, 4.69) is 12.2 Å². The third-order valence-corrected chi connectivity index (χ3v) is 2.74. The lowest BCUT2D eigenvalue weighted by molar-refractivity contribution is 0.187. The molecule has 1 rings (SSSR count). The Kier molecular flexibility index (Phi) is 5.35. The average Bonchev–Trinajstić information content (AvgIpc) is 2.64. The van der Waals surface area contributed by atoms with Gasteiger partial charge in [-0.05, 0) is 25.3 Å². The Bertz CT molecular complexity index is 124. The van der Waals surface area contributed by atoms with Gasteiger partial charge in [0, 0.05) is 19.3 Å². The van der Waals surface area contributed by atoms with Crippen LogP contribution >= 0.6 is 0 Å². The summed E-state index contributed by atoms with van der Waals surface area (Å²) in [4.78, 5) is 0. The van der Waals surface area contributed by atoms with Gasteiger partial charge in [0.15, 0.2) is 0 Å². The van der Waals surface area contributed by atoms with Crippen molar-refractivity contribution in [3.05, 3.63) is 0 Å². The van der Waals surface area contributed by atoms with Crippen molar-refractivity contribution in [1.82, 2.24) is 5.32 Å². The molecule has 2 atom stereocenters. The summed E-state index contributed by atoms with van der Waals surface area (Å²) in [5, 5.41) is 12.3. The largest absolute Gasteiger partial charge is 0.396 e. The first-order valence-corrected chi connectivity index (χ1v) is 5.28. The van der Waals surface area contributed by atoms with Crippen LogP contribution in [0.1, 0.15) is 26.2 Å². The summed E-state index contributed by atoms with van der Waals surface area (Å²) in [6.45, 7) is 5.25. The zero-order chi connectivity index (χ0) is 9.52. The van der Waals surface area contributed by atoms with Crippen molar-refractivity contribution in [2.24, 2.45) is 5.92 Å². The molecule has 0 aromatic rings. The van der Waals surface area contributed by atoms with Gasteiger partial charge in [-0.25, -0.2) is 0 Å². The molecule has 0 aromatic heterocycles. The second-order valence-corrected chi connectivity index (χ2v) is 3.76. The lowest BCUT2D eigenvalue weighted by Gasteiger charge is -2.17. The number of ether oxygens (including phenoxy) is 1. The summed E-state index contributed by atoms with van der Waals surface area (Å²) in [5.74, 6) is 0.616. The van der Waals surface area contributed by atoms with Gasteiger partial charge in [0.1, 0.15) is 0 Å². The van der Waals surface area contributed by atoms with Crippen LogP contribution in [0.15, 0.2) is 0 Å². The van der Waals surface area contributed by atoms with Crippen LogP contribution in [0.5, 0.6) is 0 Å². The van der Waals surface area contributed by atoms with E-state index in [4.69, 9.17) is 9.84 Å². The van der Waals surface area contributed by atoms with Crippen molar-refractivity contribution in [1.29, 1.82) is 0 Å². The van der Waals surface area contributed by atoms with E-state index in [1.807, 2.05) is 0 Å². The first kappa shape index (κ1) is 11.0. The van der Waals surface area contributed by atoms with Crippen molar-refractivity contribution in [3.63, 3.8) is 0 Å². The van der Waals surface area contributed by atoms with Crippen molar-refractivity contribution < 1.29 is 9.84 Å². The van der Waals surface area contributed by atoms with E-state index in [-0.39, 0.29) is 0 Å². The molecule has 0 spiro atoms. The standard InChI is InChI=1S/C10H21NO2/c1-2-9(3-5-12)7-11-10-4-6-13-8-10/h9-12H,2-8H2,1H3. The highest BCUT2D eigenvalue weighted by molar-refractivity contribution is 4.72. The lowest BCUT2D eigenvalue weighted by Crippen LogP contribution is -2.33. The molecule has 78 valence electrons. The molecule has 1 aliphatic rings. The van der Waals surface area contributed by atoms with Gasteiger partial charge in [0.25, 0.3) is 0 Å². The van der Waals surface area contributed by atoms with Crippen molar-refractivity contribution in [2.75, 3.05) is 26.4 Å². The summed E-state index contributed by atoms with van der Waals surface area (Å²) in [6.07, 6.45) is 3.19. The van der Waals surface area contributed by atoms with E-state index in [9.17, 15) is 0 Å². The van der Waals surface area contributed by atoms with Crippen molar-refractivity contribution >= 4 is 0 Å². The highest BCUT2D eigenvalue weighted by Gasteiger charge is 2.16. The number of nitrogens with one attached hydrogen (secondary N) is 1. The molecule has 0 bridgehead atoms. The lowest BCUT2D eigenvalue weighted by atomic mass is 10.0. The highest BCUT2D eigenvalue weighted by atomic mass is 16.5. The quantitative estimate of drug-likeness (QED) is 0.645. The molecule has 1 aliphatic heterocycles. The predicted octanol–water partition coefficient (Wildman–Crippen LogP) is 0.773. The summed E-state index contributed by atoms with van der Waals surface area (Å²) >= 11 is 0.